The van der Waals surface area contributed by atoms with E-state index in [1.54, 1.807) is 12.1 Å². The van der Waals surface area contributed by atoms with Gasteiger partial charge in [0, 0.05) is 107 Å². The minimum Gasteiger partial charge on any atom is -0.494 e. The summed E-state index contributed by atoms with van der Waals surface area (Å²) in [6.45, 7) is 12.3. The summed E-state index contributed by atoms with van der Waals surface area (Å²) in [7, 11) is 4.25. The molecule has 2 atom stereocenters. The number of likely N-dealkylation sites (N-methyl/N-ethyl adjacent to an activating group) is 2. The Morgan fingerprint density at radius 1 is 0.722 bits per heavy atom. The first-order valence-corrected chi connectivity index (χ1v) is 20.1. The highest BCUT2D eigenvalue weighted by atomic mass is 16.5. The molecule has 1 aromatic heterocycles. The monoisotopic (exact) mass is 744 g/mol. The van der Waals surface area contributed by atoms with Crippen LogP contribution in [-0.4, -0.2) is 152 Å². The molecule has 0 saturated carbocycles. The summed E-state index contributed by atoms with van der Waals surface area (Å²) in [5.41, 5.74) is 0.134. The van der Waals surface area contributed by atoms with E-state index >= 15 is 0 Å². The van der Waals surface area contributed by atoms with Gasteiger partial charge in [0.1, 0.15) is 0 Å². The van der Waals surface area contributed by atoms with Gasteiger partial charge >= 0.3 is 0 Å². The fourth-order valence-electron chi connectivity index (χ4n) is 8.89. The van der Waals surface area contributed by atoms with E-state index in [0.717, 1.165) is 91.1 Å². The Bertz CT molecular complexity index is 2130. The summed E-state index contributed by atoms with van der Waals surface area (Å²) >= 11 is 0. The molecule has 0 bridgehead atoms. The molecule has 54 heavy (non-hydrogen) atoms. The van der Waals surface area contributed by atoms with Crippen molar-refractivity contribution in [1.82, 2.24) is 28.7 Å². The Kier molecular flexibility index (Phi) is 11.2. The Morgan fingerprint density at radius 3 is 1.93 bits per heavy atom. The van der Waals surface area contributed by atoms with Crippen molar-refractivity contribution in [3.8, 4) is 17.0 Å². The quantitative estimate of drug-likeness (QED) is 0.192. The number of nitrogens with one attached hydrogen (secondary N) is 1. The lowest BCUT2D eigenvalue weighted by molar-refractivity contribution is 0.117. The van der Waals surface area contributed by atoms with Crippen molar-refractivity contribution >= 4 is 27.2 Å². The fourth-order valence-corrected chi connectivity index (χ4v) is 8.89. The number of hydrogen-bond donors (Lipinski definition) is 2. The van der Waals surface area contributed by atoms with Crippen molar-refractivity contribution in [1.29, 1.82) is 0 Å². The van der Waals surface area contributed by atoms with E-state index in [0.29, 0.717) is 89.4 Å². The molecule has 14 nitrogen and oxygen atoms in total. The van der Waals surface area contributed by atoms with E-state index in [2.05, 4.69) is 39.0 Å². The molecular weight excluding hydrogens is 688 g/mol. The van der Waals surface area contributed by atoms with Gasteiger partial charge in [-0.3, -0.25) is 28.5 Å². The predicted molar refractivity (Wildman–Crippen MR) is 211 cm³/mol. The molecule has 6 aliphatic rings. The summed E-state index contributed by atoms with van der Waals surface area (Å²) in [5, 5.41) is 17.4. The third kappa shape index (κ3) is 7.48. The second-order valence-electron chi connectivity index (χ2n) is 15.9. The number of piperazine rings is 2. The number of benzene rings is 2. The average molecular weight is 745 g/mol. The Balaban J connectivity index is 1.26. The first-order chi connectivity index (χ1) is 26.3. The third-order valence-corrected chi connectivity index (χ3v) is 12.2. The maximum absolute atomic E-state index is 14.6. The maximum atomic E-state index is 14.6. The van der Waals surface area contributed by atoms with Crippen LogP contribution < -0.4 is 27.4 Å². The van der Waals surface area contributed by atoms with Crippen LogP contribution in [0.15, 0.2) is 31.5 Å². The van der Waals surface area contributed by atoms with Gasteiger partial charge in [0.25, 0.3) is 16.7 Å². The lowest BCUT2D eigenvalue weighted by Crippen LogP contribution is -2.45. The number of aromatic hydroxyl groups is 1. The number of anilines is 1. The molecule has 2 unspecified atom stereocenters. The minimum absolute atomic E-state index is 0.0106. The van der Waals surface area contributed by atoms with E-state index in [-0.39, 0.29) is 35.8 Å². The Labute approximate surface area is 315 Å². The molecule has 292 valence electrons. The number of ether oxygens (including phenoxy) is 2. The highest BCUT2D eigenvalue weighted by molar-refractivity contribution is 6.18. The van der Waals surface area contributed by atoms with Crippen molar-refractivity contribution in [3.05, 3.63) is 48.6 Å². The molecule has 0 spiro atoms. The number of rotatable bonds is 13. The topological polar surface area (TPSA) is 137 Å². The van der Waals surface area contributed by atoms with E-state index in [1.807, 2.05) is 0 Å². The Morgan fingerprint density at radius 2 is 1.31 bits per heavy atom. The Hall–Kier alpha value is -3.66. The number of aromatic nitrogens is 2. The van der Waals surface area contributed by atoms with Gasteiger partial charge in [-0.1, -0.05) is 0 Å². The molecule has 4 saturated heterocycles. The highest BCUT2D eigenvalue weighted by Crippen LogP contribution is 2.41. The lowest BCUT2D eigenvalue weighted by Gasteiger charge is -2.32. The third-order valence-electron chi connectivity index (χ3n) is 12.2. The van der Waals surface area contributed by atoms with Crippen LogP contribution in [0.4, 0.5) is 5.69 Å². The molecule has 1 aliphatic carbocycles. The van der Waals surface area contributed by atoms with Crippen molar-refractivity contribution in [2.75, 3.05) is 111 Å². The van der Waals surface area contributed by atoms with Crippen LogP contribution in [0.5, 0.6) is 5.88 Å². The molecular formula is C40H56N8O6. The minimum atomic E-state index is -0.394. The fraction of sp³-hybridized carbons (Fsp3) is 0.650. The first-order valence-electron chi connectivity index (χ1n) is 20.1. The molecule has 0 amide bonds. The molecule has 5 aliphatic heterocycles. The van der Waals surface area contributed by atoms with Gasteiger partial charge in [0.2, 0.25) is 5.88 Å². The summed E-state index contributed by atoms with van der Waals surface area (Å²) < 4.78 is 14.6. The number of pyridine rings is 2. The van der Waals surface area contributed by atoms with Gasteiger partial charge in [-0.05, 0) is 77.8 Å². The molecule has 4 fully saturated rings. The summed E-state index contributed by atoms with van der Waals surface area (Å²) in [5.74, 6) is -0.158. The summed E-state index contributed by atoms with van der Waals surface area (Å²) in [4.78, 5) is 58.1. The molecule has 14 heteroatoms. The molecule has 2 N–H and O–H groups in total. The zero-order valence-electron chi connectivity index (χ0n) is 32.0. The van der Waals surface area contributed by atoms with E-state index in [1.165, 1.54) is 9.13 Å². The second-order valence-corrected chi connectivity index (χ2v) is 15.9. The van der Waals surface area contributed by atoms with Crippen molar-refractivity contribution < 1.29 is 14.6 Å². The van der Waals surface area contributed by atoms with Crippen LogP contribution in [0.1, 0.15) is 38.5 Å². The molecule has 0 radical (unpaired) electrons. The normalized spacial score (nSPS) is 22.9. The smallest absolute Gasteiger partial charge is 0.263 e. The van der Waals surface area contributed by atoms with E-state index in [9.17, 15) is 19.5 Å². The van der Waals surface area contributed by atoms with Crippen LogP contribution in [-0.2, 0) is 22.6 Å². The zero-order valence-corrected chi connectivity index (χ0v) is 32.0. The van der Waals surface area contributed by atoms with Gasteiger partial charge < -0.3 is 39.5 Å². The van der Waals surface area contributed by atoms with Crippen LogP contribution >= 0.6 is 0 Å². The van der Waals surface area contributed by atoms with Crippen LogP contribution in [0.3, 0.4) is 0 Å². The maximum Gasteiger partial charge on any atom is 0.263 e. The van der Waals surface area contributed by atoms with Gasteiger partial charge in [0.05, 0.1) is 40.4 Å². The van der Waals surface area contributed by atoms with Crippen molar-refractivity contribution in [3.63, 3.8) is 0 Å². The molecule has 8 rings (SSSR count). The van der Waals surface area contributed by atoms with Crippen LogP contribution in [0.2, 0.25) is 0 Å². The van der Waals surface area contributed by atoms with Gasteiger partial charge in [-0.2, -0.15) is 0 Å². The van der Waals surface area contributed by atoms with E-state index < -0.39 is 5.56 Å². The zero-order chi connectivity index (χ0) is 37.3. The summed E-state index contributed by atoms with van der Waals surface area (Å²) in [6.07, 6.45) is 4.98. The lowest BCUT2D eigenvalue weighted by atomic mass is 9.89. The predicted octanol–water partition coefficient (Wildman–Crippen LogP) is 1.31. The largest absolute Gasteiger partial charge is 0.494 e. The first kappa shape index (κ1) is 37.3. The summed E-state index contributed by atoms with van der Waals surface area (Å²) in [6, 6.07) is 3.52. The van der Waals surface area contributed by atoms with Gasteiger partial charge in [-0.25, -0.2) is 0 Å². The van der Waals surface area contributed by atoms with Crippen LogP contribution in [0.25, 0.3) is 32.7 Å². The van der Waals surface area contributed by atoms with E-state index in [4.69, 9.17) is 14.5 Å². The van der Waals surface area contributed by atoms with Crippen molar-refractivity contribution in [2.45, 2.75) is 63.8 Å². The number of nitrogens with zero attached hydrogens (tertiary/aromatic N) is 7. The van der Waals surface area contributed by atoms with Gasteiger partial charge in [-0.15, -0.1) is 0 Å². The standard InChI is InChI=1S/C40H56N8O6/c1-43-13-17-45(18-14-43)9-5-11-47-37(49)29-23-32(42-26-28-8-4-22-54-28)36-34-30(24-31(35(33(29)34)39(47)51)41-25-27-7-3-21-53-27)38(50)48(40(36)52)12-6-10-46-19-15-44(2)16-20-46/h23-24,27-28,41,50H,3-22,25-26H2,1-2H3. The van der Waals surface area contributed by atoms with Crippen molar-refractivity contribution in [2.24, 2.45) is 4.99 Å². The van der Waals surface area contributed by atoms with Crippen LogP contribution in [0, 0.1) is 0 Å². The average Bonchev–Trinajstić information content (AvgIpc) is 3.91. The molecule has 2 aromatic rings. The second kappa shape index (κ2) is 16.2. The van der Waals surface area contributed by atoms with Gasteiger partial charge in [0.15, 0.2) is 0 Å². The SMILES string of the molecule is CN1CCN(CCCn2c(O)c3cc(NCC4CCCO4)c4c5c3c(c(=NCC3CCCO3)cc-5c(=O)n(CCCN3CCN(C)CC3)c4=O)c2=O)CC1. The molecule has 1 aromatic carbocycles. The molecule has 6 heterocycles. The highest BCUT2D eigenvalue weighted by Gasteiger charge is 2.30. The number of hydrogen-bond acceptors (Lipinski definition) is 12.